The van der Waals surface area contributed by atoms with Gasteiger partial charge in [0.2, 0.25) is 0 Å². The number of hydrogen-bond donors (Lipinski definition) is 2. The highest BCUT2D eigenvalue weighted by atomic mass is 16.6. The molecule has 0 radical (unpaired) electrons. The van der Waals surface area contributed by atoms with Crippen molar-refractivity contribution in [2.45, 2.75) is 58.3 Å². The van der Waals surface area contributed by atoms with E-state index in [2.05, 4.69) is 10.5 Å². The zero-order chi connectivity index (χ0) is 24.8. The highest BCUT2D eigenvalue weighted by Gasteiger charge is 2.28. The van der Waals surface area contributed by atoms with Crippen LogP contribution < -0.4 is 10.1 Å². The van der Waals surface area contributed by atoms with Crippen LogP contribution in [0.1, 0.15) is 55.5 Å². The predicted molar refractivity (Wildman–Crippen MR) is 129 cm³/mol. The van der Waals surface area contributed by atoms with Crippen LogP contribution in [-0.2, 0) is 16.1 Å². The SMILES string of the molecule is Cc1noc(-c2ccc(O[C@@H]3CCC[C@@H](C(=O)O)C3)cc2)c1CNC(=O)O[C@H](C)c1ccccc1. The second kappa shape index (κ2) is 11.1. The van der Waals surface area contributed by atoms with Crippen LogP contribution in [0.4, 0.5) is 4.79 Å². The first-order valence-corrected chi connectivity index (χ1v) is 11.8. The molecule has 35 heavy (non-hydrogen) atoms. The van der Waals surface area contributed by atoms with Gasteiger partial charge in [0.15, 0.2) is 5.76 Å². The quantitative estimate of drug-likeness (QED) is 0.430. The van der Waals surface area contributed by atoms with Crippen LogP contribution in [0, 0.1) is 12.8 Å². The van der Waals surface area contributed by atoms with Crippen LogP contribution in [-0.4, -0.2) is 28.4 Å². The van der Waals surface area contributed by atoms with Gasteiger partial charge in [0.1, 0.15) is 11.9 Å². The number of alkyl carbamates (subject to hydrolysis) is 1. The third-order valence-electron chi connectivity index (χ3n) is 6.34. The molecule has 1 heterocycles. The number of aryl methyl sites for hydroxylation is 1. The number of amides is 1. The van der Waals surface area contributed by atoms with Crippen molar-refractivity contribution < 1.29 is 28.7 Å². The maximum Gasteiger partial charge on any atom is 0.408 e. The summed E-state index contributed by atoms with van der Waals surface area (Å²) in [7, 11) is 0. The summed E-state index contributed by atoms with van der Waals surface area (Å²) in [4.78, 5) is 23.6. The van der Waals surface area contributed by atoms with E-state index in [1.165, 1.54) is 0 Å². The summed E-state index contributed by atoms with van der Waals surface area (Å²) in [6.07, 6.45) is 1.92. The summed E-state index contributed by atoms with van der Waals surface area (Å²) in [6.45, 7) is 3.85. The average Bonchev–Trinajstić information content (AvgIpc) is 3.24. The minimum Gasteiger partial charge on any atom is -0.490 e. The van der Waals surface area contributed by atoms with Gasteiger partial charge in [-0.05, 0) is 69.4 Å². The van der Waals surface area contributed by atoms with Gasteiger partial charge in [0, 0.05) is 11.1 Å². The van der Waals surface area contributed by atoms with E-state index in [0.717, 1.165) is 29.5 Å². The Kier molecular flexibility index (Phi) is 7.70. The lowest BCUT2D eigenvalue weighted by atomic mass is 9.87. The molecule has 0 spiro atoms. The highest BCUT2D eigenvalue weighted by Crippen LogP contribution is 2.31. The standard InChI is InChI=1S/C27H30N2O6/c1-17-24(16-28-27(32)33-18(2)19-7-4-3-5-8-19)25(35-29-17)20-11-13-22(14-12-20)34-23-10-6-9-21(15-23)26(30)31/h3-5,7-8,11-14,18,21,23H,6,9-10,15-16H2,1-2H3,(H,28,32)(H,30,31)/t18-,21-,23-/m1/s1. The summed E-state index contributed by atoms with van der Waals surface area (Å²) in [5, 5.41) is 16.1. The lowest BCUT2D eigenvalue weighted by molar-refractivity contribution is -0.143. The number of hydrogen-bond acceptors (Lipinski definition) is 6. The van der Waals surface area contributed by atoms with Crippen molar-refractivity contribution in [1.82, 2.24) is 10.5 Å². The monoisotopic (exact) mass is 478 g/mol. The topological polar surface area (TPSA) is 111 Å². The average molecular weight is 479 g/mol. The molecule has 3 atom stereocenters. The number of nitrogens with zero attached hydrogens (tertiary/aromatic N) is 1. The number of benzene rings is 2. The summed E-state index contributed by atoms with van der Waals surface area (Å²) in [5.41, 5.74) is 3.16. The van der Waals surface area contributed by atoms with Gasteiger partial charge >= 0.3 is 12.1 Å². The fourth-order valence-electron chi connectivity index (χ4n) is 4.33. The highest BCUT2D eigenvalue weighted by molar-refractivity contribution is 5.70. The predicted octanol–water partition coefficient (Wildman–Crippen LogP) is 5.66. The molecule has 0 aliphatic heterocycles. The van der Waals surface area contributed by atoms with Crippen LogP contribution in [0.3, 0.4) is 0 Å². The van der Waals surface area contributed by atoms with Crippen molar-refractivity contribution in [3.8, 4) is 17.1 Å². The summed E-state index contributed by atoms with van der Waals surface area (Å²) in [5.74, 6) is 0.143. The molecule has 184 valence electrons. The molecular weight excluding hydrogens is 448 g/mol. The summed E-state index contributed by atoms with van der Waals surface area (Å²) < 4.78 is 17.1. The molecule has 0 unspecified atom stereocenters. The van der Waals surface area contributed by atoms with E-state index in [1.807, 2.05) is 68.4 Å². The molecule has 8 nitrogen and oxygen atoms in total. The van der Waals surface area contributed by atoms with Gasteiger partial charge in [-0.1, -0.05) is 35.5 Å². The number of carbonyl (C=O) groups is 2. The van der Waals surface area contributed by atoms with Gasteiger partial charge < -0.3 is 24.4 Å². The summed E-state index contributed by atoms with van der Waals surface area (Å²) in [6, 6.07) is 16.9. The smallest absolute Gasteiger partial charge is 0.408 e. The molecule has 1 aromatic heterocycles. The van der Waals surface area contributed by atoms with Crippen molar-refractivity contribution in [3.05, 3.63) is 71.4 Å². The number of carboxylic acids is 1. The Hall–Kier alpha value is -3.81. The lowest BCUT2D eigenvalue weighted by Crippen LogP contribution is -2.29. The Morgan fingerprint density at radius 2 is 1.89 bits per heavy atom. The molecular formula is C27H30N2O6. The van der Waals surface area contributed by atoms with Gasteiger partial charge in [-0.2, -0.15) is 0 Å². The summed E-state index contributed by atoms with van der Waals surface area (Å²) >= 11 is 0. The van der Waals surface area contributed by atoms with Gasteiger partial charge in [-0.3, -0.25) is 4.79 Å². The lowest BCUT2D eigenvalue weighted by Gasteiger charge is -2.27. The first-order chi connectivity index (χ1) is 16.9. The van der Waals surface area contributed by atoms with E-state index in [4.69, 9.17) is 14.0 Å². The third kappa shape index (κ3) is 6.20. The Labute approximate surface area is 204 Å². The van der Waals surface area contributed by atoms with E-state index in [0.29, 0.717) is 30.0 Å². The van der Waals surface area contributed by atoms with Crippen molar-refractivity contribution in [3.63, 3.8) is 0 Å². The molecule has 1 fully saturated rings. The Morgan fingerprint density at radius 1 is 1.14 bits per heavy atom. The van der Waals surface area contributed by atoms with Crippen molar-refractivity contribution >= 4 is 12.1 Å². The first-order valence-electron chi connectivity index (χ1n) is 11.8. The number of carbonyl (C=O) groups excluding carboxylic acids is 1. The molecule has 1 aliphatic carbocycles. The molecule has 1 amide bonds. The molecule has 2 N–H and O–H groups in total. The molecule has 1 saturated carbocycles. The van der Waals surface area contributed by atoms with Crippen molar-refractivity contribution in [2.75, 3.05) is 0 Å². The number of aliphatic carboxylic acids is 1. The van der Waals surface area contributed by atoms with Gasteiger partial charge in [-0.15, -0.1) is 0 Å². The number of rotatable bonds is 8. The molecule has 8 heteroatoms. The van der Waals surface area contributed by atoms with Crippen LogP contribution in [0.25, 0.3) is 11.3 Å². The van der Waals surface area contributed by atoms with Crippen LogP contribution in [0.5, 0.6) is 5.75 Å². The zero-order valence-electron chi connectivity index (χ0n) is 19.9. The Bertz CT molecular complexity index is 1140. The largest absolute Gasteiger partial charge is 0.490 e. The first kappa shape index (κ1) is 24.3. The second-order valence-corrected chi connectivity index (χ2v) is 8.85. The fraction of sp³-hybridized carbons (Fsp3) is 0.370. The Morgan fingerprint density at radius 3 is 2.60 bits per heavy atom. The van der Waals surface area contributed by atoms with E-state index in [-0.39, 0.29) is 24.7 Å². The Balaban J connectivity index is 1.36. The van der Waals surface area contributed by atoms with E-state index in [9.17, 15) is 14.7 Å². The number of carboxylic acid groups (broad SMARTS) is 1. The van der Waals surface area contributed by atoms with Gasteiger partial charge in [0.25, 0.3) is 0 Å². The zero-order valence-corrected chi connectivity index (χ0v) is 19.9. The molecule has 2 aromatic carbocycles. The van der Waals surface area contributed by atoms with E-state index < -0.39 is 12.1 Å². The normalized spacial score (nSPS) is 18.5. The molecule has 4 rings (SSSR count). The maximum atomic E-state index is 12.3. The van der Waals surface area contributed by atoms with E-state index >= 15 is 0 Å². The van der Waals surface area contributed by atoms with E-state index in [1.54, 1.807) is 0 Å². The molecule has 0 saturated heterocycles. The third-order valence-corrected chi connectivity index (χ3v) is 6.34. The van der Waals surface area contributed by atoms with Crippen LogP contribution in [0.2, 0.25) is 0 Å². The van der Waals surface area contributed by atoms with Crippen molar-refractivity contribution in [2.24, 2.45) is 5.92 Å². The molecule has 1 aliphatic rings. The second-order valence-electron chi connectivity index (χ2n) is 8.85. The minimum atomic E-state index is -0.756. The van der Waals surface area contributed by atoms with Gasteiger partial charge in [-0.25, -0.2) is 4.79 Å². The molecule has 3 aromatic rings. The van der Waals surface area contributed by atoms with Crippen LogP contribution in [0.15, 0.2) is 59.1 Å². The van der Waals surface area contributed by atoms with Crippen LogP contribution >= 0.6 is 0 Å². The van der Waals surface area contributed by atoms with Gasteiger partial charge in [0.05, 0.1) is 24.3 Å². The maximum absolute atomic E-state index is 12.3. The molecule has 0 bridgehead atoms. The number of ether oxygens (including phenoxy) is 2. The number of nitrogens with one attached hydrogen (secondary N) is 1. The minimum absolute atomic E-state index is 0.104. The number of aromatic nitrogens is 1. The van der Waals surface area contributed by atoms with Crippen molar-refractivity contribution in [1.29, 1.82) is 0 Å². The fourth-order valence-corrected chi connectivity index (χ4v) is 4.33.